The Hall–Kier alpha value is -1.24. The standard InChI is InChI=1S/C15H20O/c1-2-16-15-11-10-14(12-15)9-8-13-6-4-3-5-7-13/h3-7,11,14H,2,8-10,12H2,1H3/t14-/m0/s1. The van der Waals surface area contributed by atoms with Gasteiger partial charge in [0.2, 0.25) is 0 Å². The lowest BCUT2D eigenvalue weighted by Crippen LogP contribution is -1.99. The van der Waals surface area contributed by atoms with Crippen LogP contribution in [-0.4, -0.2) is 6.61 Å². The molecule has 0 amide bonds. The second-order valence-corrected chi connectivity index (χ2v) is 4.43. The number of hydrogen-bond donors (Lipinski definition) is 0. The number of rotatable bonds is 5. The van der Waals surface area contributed by atoms with Crippen LogP contribution in [0.2, 0.25) is 0 Å². The summed E-state index contributed by atoms with van der Waals surface area (Å²) in [7, 11) is 0. The normalized spacial score (nSPS) is 19.6. The van der Waals surface area contributed by atoms with Gasteiger partial charge in [-0.2, -0.15) is 0 Å². The van der Waals surface area contributed by atoms with E-state index in [1.54, 1.807) is 0 Å². The van der Waals surface area contributed by atoms with E-state index in [0.29, 0.717) is 0 Å². The molecule has 0 fully saturated rings. The van der Waals surface area contributed by atoms with Crippen molar-refractivity contribution >= 4 is 0 Å². The van der Waals surface area contributed by atoms with E-state index in [1.165, 1.54) is 30.6 Å². The predicted octanol–water partition coefficient (Wildman–Crippen LogP) is 3.95. The quantitative estimate of drug-likeness (QED) is 0.724. The molecular weight excluding hydrogens is 196 g/mol. The molecule has 1 heteroatoms. The largest absolute Gasteiger partial charge is 0.499 e. The van der Waals surface area contributed by atoms with E-state index >= 15 is 0 Å². The lowest BCUT2D eigenvalue weighted by atomic mass is 9.97. The zero-order chi connectivity index (χ0) is 11.2. The summed E-state index contributed by atoms with van der Waals surface area (Å²) in [5.41, 5.74) is 1.45. The lowest BCUT2D eigenvalue weighted by Gasteiger charge is -2.10. The third kappa shape index (κ3) is 3.13. The Morgan fingerprint density at radius 3 is 2.81 bits per heavy atom. The first-order chi connectivity index (χ1) is 7.88. The summed E-state index contributed by atoms with van der Waals surface area (Å²) in [5.74, 6) is 2.00. The molecule has 16 heavy (non-hydrogen) atoms. The van der Waals surface area contributed by atoms with E-state index in [0.717, 1.165) is 18.9 Å². The zero-order valence-electron chi connectivity index (χ0n) is 9.99. The van der Waals surface area contributed by atoms with Gasteiger partial charge in [0.1, 0.15) is 0 Å². The van der Waals surface area contributed by atoms with Crippen LogP contribution in [0.25, 0.3) is 0 Å². The van der Waals surface area contributed by atoms with Crippen LogP contribution in [0.1, 0.15) is 31.7 Å². The molecule has 0 aliphatic heterocycles. The monoisotopic (exact) mass is 216 g/mol. The molecule has 0 unspecified atom stereocenters. The van der Waals surface area contributed by atoms with Gasteiger partial charge in [0, 0.05) is 6.42 Å². The Balaban J connectivity index is 1.73. The molecule has 0 N–H and O–H groups in total. The molecule has 0 saturated carbocycles. The van der Waals surface area contributed by atoms with Gasteiger partial charge >= 0.3 is 0 Å². The Bertz CT molecular complexity index is 340. The summed E-state index contributed by atoms with van der Waals surface area (Å²) in [4.78, 5) is 0. The van der Waals surface area contributed by atoms with Gasteiger partial charge in [-0.05, 0) is 43.7 Å². The summed E-state index contributed by atoms with van der Waals surface area (Å²) in [6.07, 6.45) is 7.07. The Kier molecular flexibility index (Phi) is 4.03. The number of benzene rings is 1. The first kappa shape index (κ1) is 11.3. The Morgan fingerprint density at radius 2 is 2.06 bits per heavy atom. The van der Waals surface area contributed by atoms with Crippen molar-refractivity contribution in [3.05, 3.63) is 47.7 Å². The molecule has 1 aromatic carbocycles. The fourth-order valence-electron chi connectivity index (χ4n) is 2.29. The number of hydrogen-bond acceptors (Lipinski definition) is 1. The first-order valence-corrected chi connectivity index (χ1v) is 6.24. The highest BCUT2D eigenvalue weighted by atomic mass is 16.5. The molecule has 1 nitrogen and oxygen atoms in total. The second-order valence-electron chi connectivity index (χ2n) is 4.43. The smallest absolute Gasteiger partial charge is 0.0922 e. The van der Waals surface area contributed by atoms with Crippen LogP contribution in [0.15, 0.2) is 42.2 Å². The van der Waals surface area contributed by atoms with Crippen molar-refractivity contribution in [1.29, 1.82) is 0 Å². The first-order valence-electron chi connectivity index (χ1n) is 6.24. The maximum atomic E-state index is 5.55. The van der Waals surface area contributed by atoms with E-state index in [4.69, 9.17) is 4.74 Å². The maximum absolute atomic E-state index is 5.55. The molecule has 1 aliphatic carbocycles. The van der Waals surface area contributed by atoms with E-state index in [-0.39, 0.29) is 0 Å². The zero-order valence-corrected chi connectivity index (χ0v) is 9.99. The van der Waals surface area contributed by atoms with Gasteiger partial charge in [-0.3, -0.25) is 0 Å². The van der Waals surface area contributed by atoms with Gasteiger partial charge in [-0.1, -0.05) is 30.3 Å². The predicted molar refractivity (Wildman–Crippen MR) is 67.2 cm³/mol. The van der Waals surface area contributed by atoms with E-state index in [1.807, 2.05) is 0 Å². The minimum absolute atomic E-state index is 0.793. The van der Waals surface area contributed by atoms with Crippen LogP contribution in [0.5, 0.6) is 0 Å². The molecule has 2 rings (SSSR count). The van der Waals surface area contributed by atoms with Crippen molar-refractivity contribution < 1.29 is 4.74 Å². The highest BCUT2D eigenvalue weighted by Crippen LogP contribution is 2.29. The van der Waals surface area contributed by atoms with Crippen molar-refractivity contribution in [2.24, 2.45) is 5.92 Å². The Morgan fingerprint density at radius 1 is 1.25 bits per heavy atom. The van der Waals surface area contributed by atoms with Crippen LogP contribution in [0.4, 0.5) is 0 Å². The molecule has 1 aromatic rings. The summed E-state index contributed by atoms with van der Waals surface area (Å²) in [5, 5.41) is 0. The number of allylic oxidation sites excluding steroid dienone is 2. The van der Waals surface area contributed by atoms with Gasteiger partial charge < -0.3 is 4.74 Å². The molecule has 1 atom stereocenters. The topological polar surface area (TPSA) is 9.23 Å². The molecule has 0 radical (unpaired) electrons. The average Bonchev–Trinajstić information content (AvgIpc) is 2.76. The second kappa shape index (κ2) is 5.74. The molecule has 0 aromatic heterocycles. The van der Waals surface area contributed by atoms with Crippen molar-refractivity contribution in [1.82, 2.24) is 0 Å². The third-order valence-electron chi connectivity index (χ3n) is 3.18. The third-order valence-corrected chi connectivity index (χ3v) is 3.18. The fraction of sp³-hybridized carbons (Fsp3) is 0.467. The van der Waals surface area contributed by atoms with Crippen LogP contribution >= 0.6 is 0 Å². The van der Waals surface area contributed by atoms with Gasteiger partial charge in [0.05, 0.1) is 12.4 Å². The van der Waals surface area contributed by atoms with Gasteiger partial charge in [-0.25, -0.2) is 0 Å². The van der Waals surface area contributed by atoms with Crippen molar-refractivity contribution in [3.63, 3.8) is 0 Å². The molecule has 0 saturated heterocycles. The van der Waals surface area contributed by atoms with Crippen molar-refractivity contribution in [2.75, 3.05) is 6.61 Å². The van der Waals surface area contributed by atoms with Gasteiger partial charge in [-0.15, -0.1) is 0 Å². The summed E-state index contributed by atoms with van der Waals surface area (Å²) < 4.78 is 5.55. The number of aryl methyl sites for hydroxylation is 1. The van der Waals surface area contributed by atoms with E-state index < -0.39 is 0 Å². The van der Waals surface area contributed by atoms with Crippen LogP contribution < -0.4 is 0 Å². The van der Waals surface area contributed by atoms with Gasteiger partial charge in [0.15, 0.2) is 0 Å². The SMILES string of the molecule is CCOC1=CC[C@H](CCc2ccccc2)C1. The van der Waals surface area contributed by atoms with Crippen molar-refractivity contribution in [2.45, 2.75) is 32.6 Å². The van der Waals surface area contributed by atoms with Crippen LogP contribution in [-0.2, 0) is 11.2 Å². The molecular formula is C15H20O. The minimum Gasteiger partial charge on any atom is -0.499 e. The van der Waals surface area contributed by atoms with Crippen LogP contribution in [0, 0.1) is 5.92 Å². The highest BCUT2D eigenvalue weighted by Gasteiger charge is 2.17. The molecule has 0 spiro atoms. The van der Waals surface area contributed by atoms with Gasteiger partial charge in [0.25, 0.3) is 0 Å². The minimum atomic E-state index is 0.793. The average molecular weight is 216 g/mol. The summed E-state index contributed by atoms with van der Waals surface area (Å²) >= 11 is 0. The summed E-state index contributed by atoms with van der Waals surface area (Å²) in [6, 6.07) is 10.7. The molecule has 86 valence electrons. The van der Waals surface area contributed by atoms with Crippen molar-refractivity contribution in [3.8, 4) is 0 Å². The molecule has 0 bridgehead atoms. The summed E-state index contributed by atoms with van der Waals surface area (Å²) in [6.45, 7) is 2.86. The fourth-order valence-corrected chi connectivity index (χ4v) is 2.29. The van der Waals surface area contributed by atoms with E-state index in [9.17, 15) is 0 Å². The van der Waals surface area contributed by atoms with E-state index in [2.05, 4.69) is 43.3 Å². The lowest BCUT2D eigenvalue weighted by molar-refractivity contribution is 0.215. The number of ether oxygens (including phenoxy) is 1. The van der Waals surface area contributed by atoms with Crippen LogP contribution in [0.3, 0.4) is 0 Å². The maximum Gasteiger partial charge on any atom is 0.0922 e. The molecule has 0 heterocycles. The Labute approximate surface area is 98.1 Å². The highest BCUT2D eigenvalue weighted by molar-refractivity contribution is 5.15. The molecule has 1 aliphatic rings.